The van der Waals surface area contributed by atoms with Crippen molar-refractivity contribution in [2.24, 2.45) is 0 Å². The van der Waals surface area contributed by atoms with Gasteiger partial charge in [0, 0.05) is 15.0 Å². The van der Waals surface area contributed by atoms with Gasteiger partial charge in [0.2, 0.25) is 0 Å². The van der Waals surface area contributed by atoms with Gasteiger partial charge in [-0.3, -0.25) is 0 Å². The van der Waals surface area contributed by atoms with Crippen LogP contribution in [0.5, 0.6) is 0 Å². The van der Waals surface area contributed by atoms with Gasteiger partial charge >= 0.3 is 0 Å². The third-order valence-corrected chi connectivity index (χ3v) is 3.23. The Morgan fingerprint density at radius 2 is 1.93 bits per heavy atom. The minimum atomic E-state index is 0.144. The molecule has 0 aliphatic heterocycles. The zero-order valence-electron chi connectivity index (χ0n) is 8.64. The first-order valence-corrected chi connectivity index (χ1v) is 6.22. The summed E-state index contributed by atoms with van der Waals surface area (Å²) in [6.45, 7) is 4.03. The smallest absolute Gasteiger partial charge is 0.0643 e. The summed E-state index contributed by atoms with van der Waals surface area (Å²) in [6, 6.07) is 6.38. The summed E-state index contributed by atoms with van der Waals surface area (Å²) in [5.74, 6) is 0. The number of nitrogens with one attached hydrogen (secondary N) is 1. The molecule has 1 atom stereocenters. The molecule has 4 heteroatoms. The van der Waals surface area contributed by atoms with Crippen molar-refractivity contribution in [1.29, 1.82) is 5.26 Å². The third kappa shape index (κ3) is 3.51. The molecule has 1 aromatic rings. The molecular formula is C11H12Br2N2. The van der Waals surface area contributed by atoms with Crippen molar-refractivity contribution in [3.05, 3.63) is 26.6 Å². The number of nitrogens with zero attached hydrogens (tertiary/aromatic N) is 1. The largest absolute Gasteiger partial charge is 0.380 e. The lowest BCUT2D eigenvalue weighted by atomic mass is 10.2. The first kappa shape index (κ1) is 12.5. The molecule has 0 radical (unpaired) electrons. The Kier molecular flexibility index (Phi) is 4.62. The average Bonchev–Trinajstić information content (AvgIpc) is 2.11. The molecule has 1 N–H and O–H groups in total. The van der Waals surface area contributed by atoms with E-state index in [9.17, 15) is 0 Å². The molecule has 0 heterocycles. The summed E-state index contributed by atoms with van der Waals surface area (Å²) < 4.78 is 2.03. The first-order chi connectivity index (χ1) is 7.04. The Bertz CT molecular complexity index is 373. The summed E-state index contributed by atoms with van der Waals surface area (Å²) in [5.41, 5.74) is 2.19. The van der Waals surface area contributed by atoms with Crippen LogP contribution in [0.4, 0.5) is 5.69 Å². The molecule has 1 unspecified atom stereocenters. The molecule has 0 aromatic heterocycles. The van der Waals surface area contributed by atoms with Crippen LogP contribution < -0.4 is 5.32 Å². The van der Waals surface area contributed by atoms with Crippen LogP contribution >= 0.6 is 31.9 Å². The van der Waals surface area contributed by atoms with Crippen LogP contribution in [0.15, 0.2) is 21.1 Å². The average molecular weight is 332 g/mol. The van der Waals surface area contributed by atoms with Crippen LogP contribution in [0.1, 0.15) is 18.9 Å². The number of benzene rings is 1. The second-order valence-corrected chi connectivity index (χ2v) is 5.22. The minimum Gasteiger partial charge on any atom is -0.380 e. The normalized spacial score (nSPS) is 11.9. The predicted octanol–water partition coefficient (Wildman–Crippen LogP) is 4.23. The highest BCUT2D eigenvalue weighted by Gasteiger charge is 2.08. The maximum Gasteiger partial charge on any atom is 0.0643 e. The van der Waals surface area contributed by atoms with E-state index >= 15 is 0 Å². The fraction of sp³-hybridized carbons (Fsp3) is 0.364. The Morgan fingerprint density at radius 3 is 2.40 bits per heavy atom. The van der Waals surface area contributed by atoms with Crippen LogP contribution in [0, 0.1) is 18.3 Å². The maximum atomic E-state index is 8.58. The molecule has 0 saturated carbocycles. The van der Waals surface area contributed by atoms with Crippen molar-refractivity contribution in [1.82, 2.24) is 0 Å². The summed E-state index contributed by atoms with van der Waals surface area (Å²) in [5, 5.41) is 11.9. The number of halogens is 2. The van der Waals surface area contributed by atoms with E-state index in [1.807, 2.05) is 26.0 Å². The lowest BCUT2D eigenvalue weighted by Crippen LogP contribution is -2.14. The topological polar surface area (TPSA) is 35.8 Å². The summed E-state index contributed by atoms with van der Waals surface area (Å²) >= 11 is 7.00. The second kappa shape index (κ2) is 5.53. The molecule has 80 valence electrons. The van der Waals surface area contributed by atoms with Gasteiger partial charge in [-0.15, -0.1) is 0 Å². The van der Waals surface area contributed by atoms with Gasteiger partial charge in [0.25, 0.3) is 0 Å². The molecule has 0 aliphatic rings. The molecule has 0 amide bonds. The fourth-order valence-electron chi connectivity index (χ4n) is 1.27. The lowest BCUT2D eigenvalue weighted by Gasteiger charge is -2.15. The Labute approximate surface area is 107 Å². The van der Waals surface area contributed by atoms with E-state index in [1.54, 1.807) is 0 Å². The van der Waals surface area contributed by atoms with Crippen molar-refractivity contribution in [2.75, 3.05) is 5.32 Å². The van der Waals surface area contributed by atoms with Crippen LogP contribution in [0.3, 0.4) is 0 Å². The van der Waals surface area contributed by atoms with Gasteiger partial charge in [-0.05, 0) is 63.4 Å². The van der Waals surface area contributed by atoms with Gasteiger partial charge in [-0.1, -0.05) is 0 Å². The Balaban J connectivity index is 2.91. The van der Waals surface area contributed by atoms with Crippen molar-refractivity contribution < 1.29 is 0 Å². The SMILES string of the molecule is Cc1cc(Br)c(NC(C)CC#N)c(Br)c1. The number of nitriles is 1. The van der Waals surface area contributed by atoms with E-state index in [0.29, 0.717) is 6.42 Å². The van der Waals surface area contributed by atoms with Crippen molar-refractivity contribution in [2.45, 2.75) is 26.3 Å². The van der Waals surface area contributed by atoms with Gasteiger partial charge < -0.3 is 5.32 Å². The van der Waals surface area contributed by atoms with Gasteiger partial charge in [0.05, 0.1) is 18.2 Å². The highest BCUT2D eigenvalue weighted by molar-refractivity contribution is 9.11. The third-order valence-electron chi connectivity index (χ3n) is 1.97. The van der Waals surface area contributed by atoms with E-state index in [4.69, 9.17) is 5.26 Å². The Hall–Kier alpha value is -0.530. The molecule has 0 aliphatic carbocycles. The molecule has 0 bridgehead atoms. The van der Waals surface area contributed by atoms with Crippen LogP contribution in [-0.2, 0) is 0 Å². The molecule has 0 fully saturated rings. The van der Waals surface area contributed by atoms with E-state index in [1.165, 1.54) is 5.56 Å². The van der Waals surface area contributed by atoms with Crippen LogP contribution in [-0.4, -0.2) is 6.04 Å². The van der Waals surface area contributed by atoms with E-state index in [2.05, 4.69) is 43.2 Å². The van der Waals surface area contributed by atoms with Gasteiger partial charge in [-0.2, -0.15) is 5.26 Å². The zero-order valence-corrected chi connectivity index (χ0v) is 11.8. The monoisotopic (exact) mass is 330 g/mol. The van der Waals surface area contributed by atoms with Gasteiger partial charge in [0.15, 0.2) is 0 Å². The highest BCUT2D eigenvalue weighted by atomic mass is 79.9. The fourth-order valence-corrected chi connectivity index (χ4v) is 2.92. The minimum absolute atomic E-state index is 0.144. The van der Waals surface area contributed by atoms with Crippen molar-refractivity contribution in [3.63, 3.8) is 0 Å². The summed E-state index contributed by atoms with van der Waals surface area (Å²) in [4.78, 5) is 0. The standard InChI is InChI=1S/C11H12Br2N2/c1-7-5-9(12)11(10(13)6-7)15-8(2)3-4-14/h5-6,8,15H,3H2,1-2H3. The first-order valence-electron chi connectivity index (χ1n) is 4.63. The van der Waals surface area contributed by atoms with Crippen molar-refractivity contribution >= 4 is 37.5 Å². The van der Waals surface area contributed by atoms with E-state index in [0.717, 1.165) is 14.6 Å². The van der Waals surface area contributed by atoms with Crippen LogP contribution in [0.25, 0.3) is 0 Å². The molecule has 1 rings (SSSR count). The highest BCUT2D eigenvalue weighted by Crippen LogP contribution is 2.32. The number of aryl methyl sites for hydroxylation is 1. The molecule has 15 heavy (non-hydrogen) atoms. The maximum absolute atomic E-state index is 8.58. The van der Waals surface area contributed by atoms with E-state index < -0.39 is 0 Å². The summed E-state index contributed by atoms with van der Waals surface area (Å²) in [7, 11) is 0. The number of hydrogen-bond donors (Lipinski definition) is 1. The van der Waals surface area contributed by atoms with Crippen LogP contribution in [0.2, 0.25) is 0 Å². The zero-order chi connectivity index (χ0) is 11.4. The van der Waals surface area contributed by atoms with Crippen molar-refractivity contribution in [3.8, 4) is 6.07 Å². The van der Waals surface area contributed by atoms with Gasteiger partial charge in [-0.25, -0.2) is 0 Å². The molecule has 1 aromatic carbocycles. The molecule has 0 spiro atoms. The molecule has 2 nitrogen and oxygen atoms in total. The molecular weight excluding hydrogens is 320 g/mol. The number of rotatable bonds is 3. The lowest BCUT2D eigenvalue weighted by molar-refractivity contribution is 0.819. The second-order valence-electron chi connectivity index (χ2n) is 3.51. The Morgan fingerprint density at radius 1 is 1.40 bits per heavy atom. The number of anilines is 1. The number of hydrogen-bond acceptors (Lipinski definition) is 2. The quantitative estimate of drug-likeness (QED) is 0.899. The molecule has 0 saturated heterocycles. The predicted molar refractivity (Wildman–Crippen MR) is 69.9 cm³/mol. The van der Waals surface area contributed by atoms with Gasteiger partial charge in [0.1, 0.15) is 0 Å². The summed E-state index contributed by atoms with van der Waals surface area (Å²) in [6.07, 6.45) is 0.493. The van der Waals surface area contributed by atoms with E-state index in [-0.39, 0.29) is 6.04 Å².